The highest BCUT2D eigenvalue weighted by atomic mass is 16.2. The first-order valence-corrected chi connectivity index (χ1v) is 7.12. The van der Waals surface area contributed by atoms with Crippen molar-refractivity contribution in [1.29, 1.82) is 0 Å². The van der Waals surface area contributed by atoms with E-state index in [1.54, 1.807) is 24.3 Å². The topological polar surface area (TPSA) is 58.2 Å². The summed E-state index contributed by atoms with van der Waals surface area (Å²) >= 11 is 0. The number of benzene rings is 1. The van der Waals surface area contributed by atoms with Crippen LogP contribution in [-0.4, -0.2) is 23.9 Å². The SMILES string of the molecule is CC.CC(C)NC(=O)c1cccc(C(=O)NC(C)C)c1. The Morgan fingerprint density at radius 2 is 1.20 bits per heavy atom. The van der Waals surface area contributed by atoms with Gasteiger partial charge in [-0.15, -0.1) is 0 Å². The fraction of sp³-hybridized carbons (Fsp3) is 0.500. The second kappa shape index (κ2) is 9.13. The Morgan fingerprint density at radius 1 is 0.850 bits per heavy atom. The van der Waals surface area contributed by atoms with Crippen LogP contribution in [0, 0.1) is 0 Å². The zero-order valence-electron chi connectivity index (χ0n) is 13.3. The van der Waals surface area contributed by atoms with E-state index in [9.17, 15) is 9.59 Å². The molecule has 0 saturated heterocycles. The van der Waals surface area contributed by atoms with Gasteiger partial charge in [0.1, 0.15) is 0 Å². The number of hydrogen-bond donors (Lipinski definition) is 2. The van der Waals surface area contributed by atoms with E-state index in [0.717, 1.165) is 0 Å². The van der Waals surface area contributed by atoms with E-state index in [4.69, 9.17) is 0 Å². The van der Waals surface area contributed by atoms with Crippen LogP contribution in [0.2, 0.25) is 0 Å². The lowest BCUT2D eigenvalue weighted by Crippen LogP contribution is -2.32. The third-order valence-corrected chi connectivity index (χ3v) is 2.23. The maximum atomic E-state index is 11.8. The fourth-order valence-electron chi connectivity index (χ4n) is 1.49. The van der Waals surface area contributed by atoms with Crippen molar-refractivity contribution in [2.24, 2.45) is 0 Å². The van der Waals surface area contributed by atoms with Crippen molar-refractivity contribution in [3.63, 3.8) is 0 Å². The van der Waals surface area contributed by atoms with Crippen LogP contribution in [-0.2, 0) is 0 Å². The maximum absolute atomic E-state index is 11.8. The zero-order chi connectivity index (χ0) is 15.7. The first-order chi connectivity index (χ1) is 9.40. The summed E-state index contributed by atoms with van der Waals surface area (Å²) < 4.78 is 0. The molecule has 1 aromatic carbocycles. The van der Waals surface area contributed by atoms with Crippen molar-refractivity contribution in [3.8, 4) is 0 Å². The van der Waals surface area contributed by atoms with Gasteiger partial charge in [0.25, 0.3) is 11.8 Å². The minimum Gasteiger partial charge on any atom is -0.350 e. The van der Waals surface area contributed by atoms with E-state index < -0.39 is 0 Å². The molecule has 112 valence electrons. The fourth-order valence-corrected chi connectivity index (χ4v) is 1.49. The lowest BCUT2D eigenvalue weighted by atomic mass is 10.1. The van der Waals surface area contributed by atoms with Crippen LogP contribution in [0.5, 0.6) is 0 Å². The second-order valence-electron chi connectivity index (χ2n) is 4.84. The first kappa shape index (κ1) is 18.2. The second-order valence-corrected chi connectivity index (χ2v) is 4.84. The number of rotatable bonds is 4. The molecule has 0 saturated carbocycles. The van der Waals surface area contributed by atoms with Crippen molar-refractivity contribution < 1.29 is 9.59 Å². The summed E-state index contributed by atoms with van der Waals surface area (Å²) in [6, 6.07) is 6.87. The number of carbonyl (C=O) groups excluding carboxylic acids is 2. The van der Waals surface area contributed by atoms with Gasteiger partial charge in [-0.2, -0.15) is 0 Å². The van der Waals surface area contributed by atoms with Crippen LogP contribution >= 0.6 is 0 Å². The van der Waals surface area contributed by atoms with E-state index in [-0.39, 0.29) is 23.9 Å². The number of amides is 2. The Kier molecular flexibility index (Phi) is 8.29. The highest BCUT2D eigenvalue weighted by Gasteiger charge is 2.11. The summed E-state index contributed by atoms with van der Waals surface area (Å²) in [6.45, 7) is 11.6. The molecule has 0 aliphatic rings. The van der Waals surface area contributed by atoms with Crippen molar-refractivity contribution in [2.75, 3.05) is 0 Å². The van der Waals surface area contributed by atoms with Gasteiger partial charge in [0.2, 0.25) is 0 Å². The summed E-state index contributed by atoms with van der Waals surface area (Å²) in [4.78, 5) is 23.6. The molecular formula is C16H26N2O2. The molecule has 2 N–H and O–H groups in total. The summed E-state index contributed by atoms with van der Waals surface area (Å²) in [7, 11) is 0. The van der Waals surface area contributed by atoms with Gasteiger partial charge in [0.15, 0.2) is 0 Å². The molecule has 20 heavy (non-hydrogen) atoms. The Balaban J connectivity index is 0.00000172. The summed E-state index contributed by atoms with van der Waals surface area (Å²) in [5.74, 6) is -0.326. The lowest BCUT2D eigenvalue weighted by Gasteiger charge is -2.11. The molecular weight excluding hydrogens is 252 g/mol. The molecule has 0 fully saturated rings. The lowest BCUT2D eigenvalue weighted by molar-refractivity contribution is 0.0942. The Hall–Kier alpha value is -1.84. The van der Waals surface area contributed by atoms with Gasteiger partial charge in [-0.1, -0.05) is 19.9 Å². The molecule has 0 aliphatic carbocycles. The van der Waals surface area contributed by atoms with Gasteiger partial charge >= 0.3 is 0 Å². The number of nitrogens with one attached hydrogen (secondary N) is 2. The summed E-state index contributed by atoms with van der Waals surface area (Å²) in [6.07, 6.45) is 0. The van der Waals surface area contributed by atoms with Crippen LogP contribution in [0.1, 0.15) is 62.3 Å². The third-order valence-electron chi connectivity index (χ3n) is 2.23. The number of hydrogen-bond acceptors (Lipinski definition) is 2. The van der Waals surface area contributed by atoms with E-state index >= 15 is 0 Å². The predicted molar refractivity (Wildman–Crippen MR) is 83.0 cm³/mol. The molecule has 4 nitrogen and oxygen atoms in total. The van der Waals surface area contributed by atoms with Gasteiger partial charge < -0.3 is 10.6 Å². The molecule has 1 aromatic rings. The van der Waals surface area contributed by atoms with Crippen molar-refractivity contribution >= 4 is 11.8 Å². The average Bonchev–Trinajstić information content (AvgIpc) is 2.39. The molecule has 0 heterocycles. The van der Waals surface area contributed by atoms with Crippen molar-refractivity contribution in [1.82, 2.24) is 10.6 Å². The predicted octanol–water partition coefficient (Wildman–Crippen LogP) is 2.99. The molecule has 0 spiro atoms. The quantitative estimate of drug-likeness (QED) is 0.889. The molecule has 4 heteroatoms. The number of carbonyl (C=O) groups is 2. The minimum atomic E-state index is -0.163. The molecule has 0 radical (unpaired) electrons. The maximum Gasteiger partial charge on any atom is 0.251 e. The third kappa shape index (κ3) is 6.36. The van der Waals surface area contributed by atoms with Crippen LogP contribution in [0.3, 0.4) is 0 Å². The summed E-state index contributed by atoms with van der Waals surface area (Å²) in [5, 5.41) is 5.59. The van der Waals surface area contributed by atoms with Gasteiger partial charge in [-0.05, 0) is 45.9 Å². The normalized spacial score (nSPS) is 9.80. The largest absolute Gasteiger partial charge is 0.350 e. The monoisotopic (exact) mass is 278 g/mol. The molecule has 0 atom stereocenters. The highest BCUT2D eigenvalue weighted by Crippen LogP contribution is 2.06. The standard InChI is InChI=1S/C14H20N2O2.C2H6/c1-9(2)15-13(17)11-6-5-7-12(8-11)14(18)16-10(3)4;1-2/h5-10H,1-4H3,(H,15,17)(H,16,18);1-2H3. The molecule has 0 aliphatic heterocycles. The molecule has 1 rings (SSSR count). The highest BCUT2D eigenvalue weighted by molar-refractivity contribution is 5.99. The minimum absolute atomic E-state index is 0.0747. The Bertz CT molecular complexity index is 403. The van der Waals surface area contributed by atoms with Crippen LogP contribution in [0.25, 0.3) is 0 Å². The van der Waals surface area contributed by atoms with Crippen molar-refractivity contribution in [3.05, 3.63) is 35.4 Å². The Labute approximate surface area is 122 Å². The zero-order valence-corrected chi connectivity index (χ0v) is 13.3. The van der Waals surface area contributed by atoms with E-state index in [1.807, 2.05) is 41.5 Å². The first-order valence-electron chi connectivity index (χ1n) is 7.12. The van der Waals surface area contributed by atoms with Crippen LogP contribution in [0.4, 0.5) is 0 Å². The Morgan fingerprint density at radius 3 is 1.50 bits per heavy atom. The van der Waals surface area contributed by atoms with Crippen LogP contribution < -0.4 is 10.6 Å². The van der Waals surface area contributed by atoms with Gasteiger partial charge in [-0.25, -0.2) is 0 Å². The van der Waals surface area contributed by atoms with Gasteiger partial charge in [-0.3, -0.25) is 9.59 Å². The molecule has 0 bridgehead atoms. The molecule has 0 unspecified atom stereocenters. The average molecular weight is 278 g/mol. The smallest absolute Gasteiger partial charge is 0.251 e. The van der Waals surface area contributed by atoms with Gasteiger partial charge in [0.05, 0.1) is 0 Å². The van der Waals surface area contributed by atoms with Crippen molar-refractivity contribution in [2.45, 2.75) is 53.6 Å². The van der Waals surface area contributed by atoms with Gasteiger partial charge in [0, 0.05) is 23.2 Å². The van der Waals surface area contributed by atoms with E-state index in [2.05, 4.69) is 10.6 Å². The van der Waals surface area contributed by atoms with E-state index in [0.29, 0.717) is 11.1 Å². The molecule has 0 aromatic heterocycles. The summed E-state index contributed by atoms with van der Waals surface area (Å²) in [5.41, 5.74) is 1.00. The molecule has 2 amide bonds. The van der Waals surface area contributed by atoms with E-state index in [1.165, 1.54) is 0 Å². The van der Waals surface area contributed by atoms with Crippen LogP contribution in [0.15, 0.2) is 24.3 Å².